The van der Waals surface area contributed by atoms with E-state index in [9.17, 15) is 0 Å². The van der Waals surface area contributed by atoms with Crippen LogP contribution in [0.25, 0.3) is 0 Å². The summed E-state index contributed by atoms with van der Waals surface area (Å²) in [6, 6.07) is 4.23. The van der Waals surface area contributed by atoms with E-state index >= 15 is 0 Å². The molecule has 0 atom stereocenters. The van der Waals surface area contributed by atoms with Crippen molar-refractivity contribution in [1.29, 1.82) is 0 Å². The van der Waals surface area contributed by atoms with Gasteiger partial charge < -0.3 is 15.4 Å². The quantitative estimate of drug-likeness (QED) is 0.711. The monoisotopic (exact) mass is 206 g/mol. The van der Waals surface area contributed by atoms with Crippen LogP contribution in [0.4, 0.5) is 11.4 Å². The third-order valence-corrected chi connectivity index (χ3v) is 2.94. The highest BCUT2D eigenvalue weighted by molar-refractivity contribution is 5.63. The molecule has 15 heavy (non-hydrogen) atoms. The van der Waals surface area contributed by atoms with Crippen LogP contribution < -0.4 is 10.6 Å². The van der Waals surface area contributed by atoms with Crippen LogP contribution in [0.1, 0.15) is 11.1 Å². The van der Waals surface area contributed by atoms with Gasteiger partial charge in [0, 0.05) is 24.5 Å². The predicted octanol–water partition coefficient (Wildman–Crippen LogP) is 1.72. The van der Waals surface area contributed by atoms with Crippen LogP contribution in [0.5, 0.6) is 0 Å². The fraction of sp³-hybridized carbons (Fsp3) is 0.500. The second-order valence-corrected chi connectivity index (χ2v) is 4.09. The number of aryl methyl sites for hydroxylation is 2. The Bertz CT molecular complexity index is 357. The SMILES string of the molecule is Cc1cc(N2CCOCC2)c(C)cc1N. The summed E-state index contributed by atoms with van der Waals surface area (Å²) in [4.78, 5) is 2.37. The van der Waals surface area contributed by atoms with Gasteiger partial charge in [0.1, 0.15) is 0 Å². The molecule has 2 N–H and O–H groups in total. The topological polar surface area (TPSA) is 38.5 Å². The third kappa shape index (κ3) is 2.07. The lowest BCUT2D eigenvalue weighted by atomic mass is 10.1. The van der Waals surface area contributed by atoms with Crippen molar-refractivity contribution in [3.63, 3.8) is 0 Å². The van der Waals surface area contributed by atoms with Crippen molar-refractivity contribution in [2.75, 3.05) is 36.9 Å². The highest BCUT2D eigenvalue weighted by Gasteiger charge is 2.13. The standard InChI is InChI=1S/C12H18N2O/c1-9-8-12(10(2)7-11(9)13)14-3-5-15-6-4-14/h7-8H,3-6,13H2,1-2H3. The number of nitrogen functional groups attached to an aromatic ring is 1. The second-order valence-electron chi connectivity index (χ2n) is 4.09. The average molecular weight is 206 g/mol. The van der Waals surface area contributed by atoms with Gasteiger partial charge >= 0.3 is 0 Å². The fourth-order valence-corrected chi connectivity index (χ4v) is 1.97. The minimum absolute atomic E-state index is 0.822. The van der Waals surface area contributed by atoms with Crippen molar-refractivity contribution in [1.82, 2.24) is 0 Å². The Labute approximate surface area is 90.8 Å². The summed E-state index contributed by atoms with van der Waals surface area (Å²) < 4.78 is 5.35. The Balaban J connectivity index is 2.30. The van der Waals surface area contributed by atoms with Gasteiger partial charge in [-0.1, -0.05) is 0 Å². The molecule has 0 radical (unpaired) electrons. The highest BCUT2D eigenvalue weighted by Crippen LogP contribution is 2.26. The molecule has 0 aromatic heterocycles. The lowest BCUT2D eigenvalue weighted by Gasteiger charge is -2.30. The number of ether oxygens (including phenoxy) is 1. The van der Waals surface area contributed by atoms with Crippen molar-refractivity contribution in [3.05, 3.63) is 23.3 Å². The molecule has 1 aliphatic heterocycles. The van der Waals surface area contributed by atoms with Gasteiger partial charge in [-0.15, -0.1) is 0 Å². The maximum atomic E-state index is 5.88. The molecule has 3 heteroatoms. The van der Waals surface area contributed by atoms with E-state index in [4.69, 9.17) is 10.5 Å². The number of anilines is 2. The zero-order valence-corrected chi connectivity index (χ0v) is 9.42. The molecule has 1 aliphatic rings. The highest BCUT2D eigenvalue weighted by atomic mass is 16.5. The number of nitrogens with zero attached hydrogens (tertiary/aromatic N) is 1. The van der Waals surface area contributed by atoms with Gasteiger partial charge in [-0.2, -0.15) is 0 Å². The van der Waals surface area contributed by atoms with Crippen LogP contribution >= 0.6 is 0 Å². The van der Waals surface area contributed by atoms with Crippen molar-refractivity contribution in [2.45, 2.75) is 13.8 Å². The Morgan fingerprint density at radius 3 is 2.47 bits per heavy atom. The van der Waals surface area contributed by atoms with Crippen LogP contribution in [0, 0.1) is 13.8 Å². The second kappa shape index (κ2) is 4.11. The van der Waals surface area contributed by atoms with E-state index in [2.05, 4.69) is 30.9 Å². The van der Waals surface area contributed by atoms with E-state index in [0.29, 0.717) is 0 Å². The first-order valence-corrected chi connectivity index (χ1v) is 5.38. The first kappa shape index (κ1) is 10.3. The minimum Gasteiger partial charge on any atom is -0.399 e. The maximum Gasteiger partial charge on any atom is 0.0642 e. The number of nitrogens with two attached hydrogens (primary N) is 1. The molecule has 0 amide bonds. The largest absolute Gasteiger partial charge is 0.399 e. The van der Waals surface area contributed by atoms with Crippen LogP contribution in [0.3, 0.4) is 0 Å². The Kier molecular flexibility index (Phi) is 2.82. The van der Waals surface area contributed by atoms with Gasteiger partial charge in [0.15, 0.2) is 0 Å². The molecule has 1 fully saturated rings. The third-order valence-electron chi connectivity index (χ3n) is 2.94. The molecule has 82 valence electrons. The summed E-state index contributed by atoms with van der Waals surface area (Å²) in [5, 5.41) is 0. The molecule has 0 aliphatic carbocycles. The number of hydrogen-bond acceptors (Lipinski definition) is 3. The predicted molar refractivity (Wildman–Crippen MR) is 63.4 cm³/mol. The van der Waals surface area contributed by atoms with E-state index in [1.54, 1.807) is 0 Å². The van der Waals surface area contributed by atoms with Crippen LogP contribution in [-0.2, 0) is 4.74 Å². The number of hydrogen-bond donors (Lipinski definition) is 1. The van der Waals surface area contributed by atoms with Gasteiger partial charge in [-0.3, -0.25) is 0 Å². The van der Waals surface area contributed by atoms with Crippen LogP contribution in [-0.4, -0.2) is 26.3 Å². The van der Waals surface area contributed by atoms with Gasteiger partial charge in [0.25, 0.3) is 0 Å². The summed E-state index contributed by atoms with van der Waals surface area (Å²) in [7, 11) is 0. The van der Waals surface area contributed by atoms with E-state index in [0.717, 1.165) is 37.6 Å². The van der Waals surface area contributed by atoms with E-state index in [-0.39, 0.29) is 0 Å². The smallest absolute Gasteiger partial charge is 0.0642 e. The van der Waals surface area contributed by atoms with Crippen LogP contribution in [0.2, 0.25) is 0 Å². The summed E-state index contributed by atoms with van der Waals surface area (Å²) in [6.07, 6.45) is 0. The Morgan fingerprint density at radius 1 is 1.13 bits per heavy atom. The lowest BCUT2D eigenvalue weighted by Crippen LogP contribution is -2.36. The molecule has 0 bridgehead atoms. The molecule has 0 spiro atoms. The van der Waals surface area contributed by atoms with Crippen molar-refractivity contribution < 1.29 is 4.74 Å². The number of benzene rings is 1. The van der Waals surface area contributed by atoms with Gasteiger partial charge in [-0.25, -0.2) is 0 Å². The van der Waals surface area contributed by atoms with Crippen molar-refractivity contribution in [2.24, 2.45) is 0 Å². The van der Waals surface area contributed by atoms with Gasteiger partial charge in [0.05, 0.1) is 13.2 Å². The summed E-state index contributed by atoms with van der Waals surface area (Å²) in [5.41, 5.74) is 10.5. The summed E-state index contributed by atoms with van der Waals surface area (Å²) >= 11 is 0. The molecule has 3 nitrogen and oxygen atoms in total. The molecule has 1 aromatic rings. The van der Waals surface area contributed by atoms with Crippen molar-refractivity contribution >= 4 is 11.4 Å². The zero-order valence-electron chi connectivity index (χ0n) is 9.42. The van der Waals surface area contributed by atoms with E-state index in [1.165, 1.54) is 11.3 Å². The molecule has 1 heterocycles. The fourth-order valence-electron chi connectivity index (χ4n) is 1.97. The first-order valence-electron chi connectivity index (χ1n) is 5.38. The molecule has 2 rings (SSSR count). The van der Waals surface area contributed by atoms with E-state index in [1.807, 2.05) is 0 Å². The summed E-state index contributed by atoms with van der Waals surface area (Å²) in [5.74, 6) is 0. The van der Waals surface area contributed by atoms with Gasteiger partial charge in [-0.05, 0) is 37.1 Å². The molecule has 1 saturated heterocycles. The molecular formula is C12H18N2O. The summed E-state index contributed by atoms with van der Waals surface area (Å²) in [6.45, 7) is 7.76. The maximum absolute atomic E-state index is 5.88. The first-order chi connectivity index (χ1) is 7.18. The average Bonchev–Trinajstić information content (AvgIpc) is 2.25. The number of morpholine rings is 1. The van der Waals surface area contributed by atoms with Gasteiger partial charge in [0.2, 0.25) is 0 Å². The zero-order chi connectivity index (χ0) is 10.8. The lowest BCUT2D eigenvalue weighted by molar-refractivity contribution is 0.122. The normalized spacial score (nSPS) is 16.8. The van der Waals surface area contributed by atoms with Crippen molar-refractivity contribution in [3.8, 4) is 0 Å². The van der Waals surface area contributed by atoms with Crippen LogP contribution in [0.15, 0.2) is 12.1 Å². The number of rotatable bonds is 1. The molecule has 0 saturated carbocycles. The Morgan fingerprint density at radius 2 is 1.80 bits per heavy atom. The molecule has 1 aromatic carbocycles. The minimum atomic E-state index is 0.822. The molecule has 0 unspecified atom stereocenters. The Hall–Kier alpha value is -1.22. The molecular weight excluding hydrogens is 188 g/mol. The van der Waals surface area contributed by atoms with E-state index < -0.39 is 0 Å².